The van der Waals surface area contributed by atoms with Gasteiger partial charge in [0.05, 0.1) is 6.04 Å². The molecule has 2 rings (SSSR count). The molecule has 0 N–H and O–H groups in total. The number of benzene rings is 2. The largest absolute Gasteiger partial charge is 0.297 e. The van der Waals surface area contributed by atoms with Gasteiger partial charge < -0.3 is 0 Å². The van der Waals surface area contributed by atoms with Gasteiger partial charge in [-0.2, -0.15) is 0 Å². The summed E-state index contributed by atoms with van der Waals surface area (Å²) in [5, 5.41) is 0. The standard InChI is InChI=1S/C18H21N/c1-14-8-4-6-10-16(14)12-18(19-3)13-17-11-7-5-9-15(17)2/h4-11,18H,3,12-13H2,1-2H3. The molecule has 0 spiro atoms. The van der Waals surface area contributed by atoms with Crippen LogP contribution in [0.5, 0.6) is 0 Å². The van der Waals surface area contributed by atoms with Crippen LogP contribution in [0.3, 0.4) is 0 Å². The van der Waals surface area contributed by atoms with E-state index in [1.807, 2.05) is 0 Å². The van der Waals surface area contributed by atoms with Gasteiger partial charge in [0.2, 0.25) is 0 Å². The number of aryl methyl sites for hydroxylation is 2. The van der Waals surface area contributed by atoms with Gasteiger partial charge in [0.1, 0.15) is 0 Å². The SMILES string of the molecule is C=NC(Cc1ccccc1C)Cc1ccccc1C. The first kappa shape index (κ1) is 13.5. The Morgan fingerprint density at radius 3 is 1.63 bits per heavy atom. The van der Waals surface area contributed by atoms with Crippen LogP contribution in [-0.2, 0) is 12.8 Å². The summed E-state index contributed by atoms with van der Waals surface area (Å²) < 4.78 is 0. The van der Waals surface area contributed by atoms with Crippen molar-refractivity contribution in [2.75, 3.05) is 0 Å². The molecule has 2 aromatic rings. The van der Waals surface area contributed by atoms with Gasteiger partial charge in [0, 0.05) is 0 Å². The summed E-state index contributed by atoms with van der Waals surface area (Å²) in [6, 6.07) is 17.3. The molecule has 0 aliphatic heterocycles. The minimum Gasteiger partial charge on any atom is -0.297 e. The second kappa shape index (κ2) is 6.33. The molecule has 0 aromatic heterocycles. The van der Waals surface area contributed by atoms with Crippen molar-refractivity contribution in [3.05, 3.63) is 70.8 Å². The van der Waals surface area contributed by atoms with Crippen LogP contribution >= 0.6 is 0 Å². The highest BCUT2D eigenvalue weighted by Crippen LogP contribution is 2.16. The minimum absolute atomic E-state index is 0.252. The molecular formula is C18H21N. The molecule has 0 bridgehead atoms. The zero-order valence-corrected chi connectivity index (χ0v) is 11.8. The van der Waals surface area contributed by atoms with E-state index in [-0.39, 0.29) is 6.04 Å². The van der Waals surface area contributed by atoms with E-state index in [9.17, 15) is 0 Å². The fourth-order valence-corrected chi connectivity index (χ4v) is 2.39. The number of rotatable bonds is 5. The van der Waals surface area contributed by atoms with E-state index in [4.69, 9.17) is 0 Å². The molecule has 19 heavy (non-hydrogen) atoms. The second-order valence-electron chi connectivity index (χ2n) is 5.10. The van der Waals surface area contributed by atoms with E-state index < -0.39 is 0 Å². The maximum atomic E-state index is 4.31. The summed E-state index contributed by atoms with van der Waals surface area (Å²) >= 11 is 0. The van der Waals surface area contributed by atoms with Crippen LogP contribution in [0.15, 0.2) is 53.5 Å². The lowest BCUT2D eigenvalue weighted by atomic mass is 9.95. The highest BCUT2D eigenvalue weighted by atomic mass is 14.7. The fourth-order valence-electron chi connectivity index (χ4n) is 2.39. The Kier molecular flexibility index (Phi) is 4.51. The Balaban J connectivity index is 2.12. The quantitative estimate of drug-likeness (QED) is 0.708. The number of nitrogens with zero attached hydrogens (tertiary/aromatic N) is 1. The molecule has 0 fully saturated rings. The van der Waals surface area contributed by atoms with Crippen molar-refractivity contribution in [3.8, 4) is 0 Å². The van der Waals surface area contributed by atoms with Gasteiger partial charge in [0.15, 0.2) is 0 Å². The van der Waals surface area contributed by atoms with Crippen molar-refractivity contribution < 1.29 is 0 Å². The fraction of sp³-hybridized carbons (Fsp3) is 0.278. The number of aliphatic imine (C=N–C) groups is 1. The van der Waals surface area contributed by atoms with Crippen LogP contribution in [0.1, 0.15) is 22.3 Å². The highest BCUT2D eigenvalue weighted by molar-refractivity contribution is 5.32. The zero-order chi connectivity index (χ0) is 13.7. The molecule has 0 heterocycles. The first-order valence-corrected chi connectivity index (χ1v) is 6.75. The molecule has 0 unspecified atom stereocenters. The van der Waals surface area contributed by atoms with Crippen LogP contribution in [0.25, 0.3) is 0 Å². The Morgan fingerprint density at radius 2 is 1.26 bits per heavy atom. The molecule has 0 amide bonds. The average molecular weight is 251 g/mol. The summed E-state index contributed by atoms with van der Waals surface area (Å²) in [5.74, 6) is 0. The maximum Gasteiger partial charge on any atom is 0.0573 e. The van der Waals surface area contributed by atoms with Gasteiger partial charge in [-0.05, 0) is 55.7 Å². The van der Waals surface area contributed by atoms with Gasteiger partial charge in [-0.25, -0.2) is 0 Å². The van der Waals surface area contributed by atoms with E-state index in [2.05, 4.69) is 74.1 Å². The van der Waals surface area contributed by atoms with Crippen molar-refractivity contribution in [2.45, 2.75) is 32.7 Å². The molecule has 0 saturated heterocycles. The molecule has 2 aromatic carbocycles. The van der Waals surface area contributed by atoms with Crippen LogP contribution in [0, 0.1) is 13.8 Å². The summed E-state index contributed by atoms with van der Waals surface area (Å²) in [6.45, 7) is 8.07. The minimum atomic E-state index is 0.252. The first-order valence-electron chi connectivity index (χ1n) is 6.75. The molecule has 98 valence electrons. The lowest BCUT2D eigenvalue weighted by Gasteiger charge is -2.15. The molecule has 0 radical (unpaired) electrons. The predicted molar refractivity (Wildman–Crippen MR) is 83.1 cm³/mol. The highest BCUT2D eigenvalue weighted by Gasteiger charge is 2.10. The van der Waals surface area contributed by atoms with Crippen molar-refractivity contribution in [1.82, 2.24) is 0 Å². The van der Waals surface area contributed by atoms with E-state index >= 15 is 0 Å². The number of hydrogen-bond donors (Lipinski definition) is 0. The second-order valence-corrected chi connectivity index (χ2v) is 5.10. The Morgan fingerprint density at radius 1 is 0.842 bits per heavy atom. The van der Waals surface area contributed by atoms with E-state index in [1.54, 1.807) is 0 Å². The third kappa shape index (κ3) is 3.54. The predicted octanol–water partition coefficient (Wildman–Crippen LogP) is 4.16. The normalized spacial score (nSPS) is 10.7. The topological polar surface area (TPSA) is 12.4 Å². The Labute approximate surface area is 116 Å². The summed E-state index contributed by atoms with van der Waals surface area (Å²) in [4.78, 5) is 4.31. The Bertz CT molecular complexity index is 510. The maximum absolute atomic E-state index is 4.31. The van der Waals surface area contributed by atoms with Crippen molar-refractivity contribution in [1.29, 1.82) is 0 Å². The summed E-state index contributed by atoms with van der Waals surface area (Å²) in [6.07, 6.45) is 1.93. The summed E-state index contributed by atoms with van der Waals surface area (Å²) in [7, 11) is 0. The van der Waals surface area contributed by atoms with Gasteiger partial charge in [-0.3, -0.25) is 4.99 Å². The summed E-state index contributed by atoms with van der Waals surface area (Å²) in [5.41, 5.74) is 5.41. The smallest absolute Gasteiger partial charge is 0.0573 e. The van der Waals surface area contributed by atoms with Gasteiger partial charge in [0.25, 0.3) is 0 Å². The van der Waals surface area contributed by atoms with Gasteiger partial charge >= 0.3 is 0 Å². The molecule has 0 aliphatic rings. The van der Waals surface area contributed by atoms with Crippen LogP contribution in [0.2, 0.25) is 0 Å². The van der Waals surface area contributed by atoms with E-state index in [0.717, 1.165) is 12.8 Å². The zero-order valence-electron chi connectivity index (χ0n) is 11.8. The van der Waals surface area contributed by atoms with Crippen molar-refractivity contribution in [2.24, 2.45) is 4.99 Å². The lowest BCUT2D eigenvalue weighted by Crippen LogP contribution is -2.13. The van der Waals surface area contributed by atoms with Crippen LogP contribution in [0.4, 0.5) is 0 Å². The third-order valence-electron chi connectivity index (χ3n) is 3.69. The van der Waals surface area contributed by atoms with Crippen LogP contribution in [-0.4, -0.2) is 12.8 Å². The molecule has 0 atom stereocenters. The van der Waals surface area contributed by atoms with E-state index in [1.165, 1.54) is 22.3 Å². The molecule has 0 saturated carbocycles. The Hall–Kier alpha value is -1.89. The molecule has 1 nitrogen and oxygen atoms in total. The first-order chi connectivity index (χ1) is 9.20. The van der Waals surface area contributed by atoms with Crippen LogP contribution < -0.4 is 0 Å². The molecular weight excluding hydrogens is 230 g/mol. The third-order valence-corrected chi connectivity index (χ3v) is 3.69. The van der Waals surface area contributed by atoms with Crippen molar-refractivity contribution in [3.63, 3.8) is 0 Å². The van der Waals surface area contributed by atoms with Gasteiger partial charge in [-0.15, -0.1) is 0 Å². The van der Waals surface area contributed by atoms with Crippen molar-refractivity contribution >= 4 is 6.72 Å². The average Bonchev–Trinajstić information content (AvgIpc) is 2.42. The lowest BCUT2D eigenvalue weighted by molar-refractivity contribution is 0.668. The number of hydrogen-bond acceptors (Lipinski definition) is 1. The monoisotopic (exact) mass is 251 g/mol. The molecule has 1 heteroatoms. The van der Waals surface area contributed by atoms with E-state index in [0.29, 0.717) is 0 Å². The molecule has 0 aliphatic carbocycles. The van der Waals surface area contributed by atoms with Gasteiger partial charge in [-0.1, -0.05) is 48.5 Å².